The molecule has 1 aliphatic carbocycles. The minimum Gasteiger partial charge on any atom is -0.0937 e. The molecule has 0 unspecified atom stereocenters. The lowest BCUT2D eigenvalue weighted by Crippen LogP contribution is -2.13. The number of nitrogens with zero attached hydrogens (tertiary/aromatic N) is 3. The Kier molecular flexibility index (Phi) is 3.95. The van der Waals surface area contributed by atoms with E-state index in [0.29, 0.717) is 12.5 Å². The van der Waals surface area contributed by atoms with Crippen LogP contribution in [0.5, 0.6) is 0 Å². The Morgan fingerprint density at radius 2 is 2.17 bits per heavy atom. The summed E-state index contributed by atoms with van der Waals surface area (Å²) in [6, 6.07) is 0. The van der Waals surface area contributed by atoms with E-state index in [1.54, 1.807) is 0 Å². The van der Waals surface area contributed by atoms with Crippen molar-refractivity contribution in [2.24, 2.45) is 17.0 Å². The lowest BCUT2D eigenvalue weighted by atomic mass is 9.89. The maximum absolute atomic E-state index is 8.21. The van der Waals surface area contributed by atoms with Gasteiger partial charge in [0.15, 0.2) is 0 Å². The fourth-order valence-corrected chi connectivity index (χ4v) is 2.18. The van der Waals surface area contributed by atoms with Crippen LogP contribution in [0.3, 0.4) is 0 Å². The van der Waals surface area contributed by atoms with Crippen molar-refractivity contribution >= 4 is 0 Å². The van der Waals surface area contributed by atoms with Gasteiger partial charge in [-0.1, -0.05) is 44.1 Å². The van der Waals surface area contributed by atoms with Crippen molar-refractivity contribution in [3.8, 4) is 0 Å². The molecule has 0 N–H and O–H groups in total. The van der Waals surface area contributed by atoms with Crippen molar-refractivity contribution < 1.29 is 0 Å². The van der Waals surface area contributed by atoms with E-state index in [-0.39, 0.29) is 0 Å². The Morgan fingerprint density at radius 3 is 2.67 bits per heavy atom. The molecule has 1 atom stereocenters. The molecule has 68 valence electrons. The van der Waals surface area contributed by atoms with E-state index in [0.717, 1.165) is 12.3 Å². The van der Waals surface area contributed by atoms with Gasteiger partial charge in [0.2, 0.25) is 0 Å². The molecule has 0 aliphatic heterocycles. The summed E-state index contributed by atoms with van der Waals surface area (Å²) in [6.45, 7) is 2.90. The highest BCUT2D eigenvalue weighted by Gasteiger charge is 2.22. The lowest BCUT2D eigenvalue weighted by Gasteiger charge is -2.19. The SMILES string of the molecule is CC[C@@H](CN=[N+]=[N-])C1CCCC1. The Hall–Kier alpha value is -0.690. The minimum absolute atomic E-state index is 0.642. The zero-order chi connectivity index (χ0) is 8.81. The van der Waals surface area contributed by atoms with Gasteiger partial charge in [0.25, 0.3) is 0 Å². The van der Waals surface area contributed by atoms with Gasteiger partial charge in [0.05, 0.1) is 0 Å². The Balaban J connectivity index is 2.37. The van der Waals surface area contributed by atoms with Crippen molar-refractivity contribution in [2.45, 2.75) is 39.0 Å². The average Bonchev–Trinajstić information content (AvgIpc) is 2.59. The van der Waals surface area contributed by atoms with Crippen molar-refractivity contribution in [3.05, 3.63) is 10.4 Å². The number of hydrogen-bond acceptors (Lipinski definition) is 1. The second-order valence-corrected chi connectivity index (χ2v) is 3.63. The predicted molar refractivity (Wildman–Crippen MR) is 49.8 cm³/mol. The third-order valence-corrected chi connectivity index (χ3v) is 2.97. The van der Waals surface area contributed by atoms with Crippen LogP contribution in [0.4, 0.5) is 0 Å². The Labute approximate surface area is 73.8 Å². The van der Waals surface area contributed by atoms with Gasteiger partial charge in [-0.15, -0.1) is 0 Å². The fourth-order valence-electron chi connectivity index (χ4n) is 2.18. The van der Waals surface area contributed by atoms with Crippen LogP contribution < -0.4 is 0 Å². The van der Waals surface area contributed by atoms with Crippen LogP contribution in [-0.4, -0.2) is 6.54 Å². The molecule has 0 saturated heterocycles. The third-order valence-electron chi connectivity index (χ3n) is 2.97. The minimum atomic E-state index is 0.642. The van der Waals surface area contributed by atoms with Crippen LogP contribution in [0.15, 0.2) is 5.11 Å². The van der Waals surface area contributed by atoms with Crippen LogP contribution >= 0.6 is 0 Å². The molecule has 0 aromatic carbocycles. The molecule has 1 fully saturated rings. The second kappa shape index (κ2) is 5.04. The summed E-state index contributed by atoms with van der Waals surface area (Å²) in [7, 11) is 0. The highest BCUT2D eigenvalue weighted by molar-refractivity contribution is 4.76. The first kappa shape index (κ1) is 9.40. The number of rotatable bonds is 4. The molecule has 0 aromatic rings. The summed E-state index contributed by atoms with van der Waals surface area (Å²) in [4.78, 5) is 2.82. The Morgan fingerprint density at radius 1 is 1.50 bits per heavy atom. The third kappa shape index (κ3) is 2.42. The van der Waals surface area contributed by atoms with E-state index in [1.807, 2.05) is 0 Å². The summed E-state index contributed by atoms with van der Waals surface area (Å²) >= 11 is 0. The summed E-state index contributed by atoms with van der Waals surface area (Å²) < 4.78 is 0. The molecule has 0 amide bonds. The van der Waals surface area contributed by atoms with Crippen molar-refractivity contribution in [3.63, 3.8) is 0 Å². The molecule has 1 rings (SSSR count). The molecule has 12 heavy (non-hydrogen) atoms. The molecular formula is C9H17N3. The maximum atomic E-state index is 8.21. The molecular weight excluding hydrogens is 150 g/mol. The molecule has 1 saturated carbocycles. The summed E-state index contributed by atoms with van der Waals surface area (Å²) in [6.07, 6.45) is 6.59. The van der Waals surface area contributed by atoms with Crippen LogP contribution in [0, 0.1) is 11.8 Å². The average molecular weight is 167 g/mol. The smallest absolute Gasteiger partial charge is 0.0288 e. The summed E-state index contributed by atoms with van der Waals surface area (Å²) in [5.74, 6) is 1.48. The molecule has 0 aromatic heterocycles. The standard InChI is InChI=1S/C9H17N3/c1-2-8(7-11-12-10)9-5-3-4-6-9/h8-9H,2-7H2,1H3/t8-/m0/s1. The molecule has 0 heterocycles. The first-order chi connectivity index (χ1) is 5.88. The van der Waals surface area contributed by atoms with Crippen LogP contribution in [0.2, 0.25) is 0 Å². The first-order valence-corrected chi connectivity index (χ1v) is 4.89. The number of hydrogen-bond donors (Lipinski definition) is 0. The highest BCUT2D eigenvalue weighted by atomic mass is 15.1. The summed E-state index contributed by atoms with van der Waals surface area (Å²) in [5.41, 5.74) is 8.21. The summed E-state index contributed by atoms with van der Waals surface area (Å²) in [5, 5.41) is 3.67. The molecule has 0 bridgehead atoms. The maximum Gasteiger partial charge on any atom is 0.0288 e. The molecule has 3 nitrogen and oxygen atoms in total. The van der Waals surface area contributed by atoms with Gasteiger partial charge in [0, 0.05) is 11.5 Å². The number of azide groups is 1. The lowest BCUT2D eigenvalue weighted by molar-refractivity contribution is 0.337. The van der Waals surface area contributed by atoms with Gasteiger partial charge in [0.1, 0.15) is 0 Å². The van der Waals surface area contributed by atoms with Gasteiger partial charge in [-0.05, 0) is 17.4 Å². The van der Waals surface area contributed by atoms with E-state index < -0.39 is 0 Å². The topological polar surface area (TPSA) is 48.8 Å². The van der Waals surface area contributed by atoms with Gasteiger partial charge < -0.3 is 0 Å². The van der Waals surface area contributed by atoms with Crippen LogP contribution in [0.25, 0.3) is 10.4 Å². The predicted octanol–water partition coefficient (Wildman–Crippen LogP) is 3.51. The van der Waals surface area contributed by atoms with Crippen molar-refractivity contribution in [2.75, 3.05) is 6.54 Å². The monoisotopic (exact) mass is 167 g/mol. The quantitative estimate of drug-likeness (QED) is 0.349. The molecule has 3 heteroatoms. The van der Waals surface area contributed by atoms with Gasteiger partial charge >= 0.3 is 0 Å². The molecule has 1 aliphatic rings. The Bertz CT molecular complexity index is 167. The molecule has 0 radical (unpaired) electrons. The largest absolute Gasteiger partial charge is 0.0937 e. The van der Waals surface area contributed by atoms with E-state index in [9.17, 15) is 0 Å². The highest BCUT2D eigenvalue weighted by Crippen LogP contribution is 2.33. The fraction of sp³-hybridized carbons (Fsp3) is 1.00. The van der Waals surface area contributed by atoms with Crippen molar-refractivity contribution in [1.82, 2.24) is 0 Å². The molecule has 0 spiro atoms. The van der Waals surface area contributed by atoms with E-state index in [4.69, 9.17) is 5.53 Å². The van der Waals surface area contributed by atoms with Crippen LogP contribution in [0.1, 0.15) is 39.0 Å². The first-order valence-electron chi connectivity index (χ1n) is 4.89. The normalized spacial score (nSPS) is 20.4. The zero-order valence-corrected chi connectivity index (χ0v) is 7.74. The van der Waals surface area contributed by atoms with Crippen molar-refractivity contribution in [1.29, 1.82) is 0 Å². The van der Waals surface area contributed by atoms with E-state index >= 15 is 0 Å². The van der Waals surface area contributed by atoms with E-state index in [2.05, 4.69) is 16.9 Å². The van der Waals surface area contributed by atoms with Crippen LogP contribution in [-0.2, 0) is 0 Å². The van der Waals surface area contributed by atoms with Gasteiger partial charge in [-0.2, -0.15) is 0 Å². The van der Waals surface area contributed by atoms with Gasteiger partial charge in [-0.3, -0.25) is 0 Å². The van der Waals surface area contributed by atoms with E-state index in [1.165, 1.54) is 25.7 Å². The second-order valence-electron chi connectivity index (χ2n) is 3.63. The zero-order valence-electron chi connectivity index (χ0n) is 7.74. The van der Waals surface area contributed by atoms with Gasteiger partial charge in [-0.25, -0.2) is 0 Å².